The Kier molecular flexibility index (Phi) is 5.69. The van der Waals surface area contributed by atoms with Gasteiger partial charge in [-0.05, 0) is 28.8 Å². The molecular formula is C18H30O3Si. The van der Waals surface area contributed by atoms with E-state index in [9.17, 15) is 0 Å². The van der Waals surface area contributed by atoms with Crippen molar-refractivity contribution >= 4 is 8.32 Å². The SMILES string of the molecule is CC(C)[Si](Oc1ccc(C2OCCO2)cc1)(C(C)C)C(C)C. The minimum Gasteiger partial charge on any atom is -0.543 e. The van der Waals surface area contributed by atoms with Gasteiger partial charge in [0.05, 0.1) is 13.2 Å². The van der Waals surface area contributed by atoms with E-state index in [4.69, 9.17) is 13.9 Å². The van der Waals surface area contributed by atoms with Gasteiger partial charge in [0, 0.05) is 5.56 Å². The van der Waals surface area contributed by atoms with Gasteiger partial charge in [0.25, 0.3) is 8.32 Å². The van der Waals surface area contributed by atoms with E-state index in [0.717, 1.165) is 11.3 Å². The second-order valence-electron chi connectivity index (χ2n) is 7.06. The summed E-state index contributed by atoms with van der Waals surface area (Å²) in [5.74, 6) is 0.976. The third-order valence-electron chi connectivity index (χ3n) is 4.78. The molecule has 0 spiro atoms. The fourth-order valence-electron chi connectivity index (χ4n) is 3.80. The zero-order chi connectivity index (χ0) is 16.3. The second-order valence-corrected chi connectivity index (χ2v) is 12.4. The molecule has 0 atom stereocenters. The van der Waals surface area contributed by atoms with Crippen LogP contribution in [0.1, 0.15) is 53.4 Å². The van der Waals surface area contributed by atoms with E-state index in [1.54, 1.807) is 0 Å². The Labute approximate surface area is 136 Å². The van der Waals surface area contributed by atoms with E-state index >= 15 is 0 Å². The fourth-order valence-corrected chi connectivity index (χ4v) is 9.05. The van der Waals surface area contributed by atoms with E-state index in [-0.39, 0.29) is 6.29 Å². The lowest BCUT2D eigenvalue weighted by molar-refractivity contribution is -0.0441. The summed E-state index contributed by atoms with van der Waals surface area (Å²) in [6.07, 6.45) is -0.212. The highest BCUT2D eigenvalue weighted by Gasteiger charge is 2.46. The maximum Gasteiger partial charge on any atom is 0.258 e. The van der Waals surface area contributed by atoms with Crippen LogP contribution >= 0.6 is 0 Å². The van der Waals surface area contributed by atoms with Gasteiger partial charge in [0.2, 0.25) is 0 Å². The van der Waals surface area contributed by atoms with E-state index in [1.165, 1.54) is 0 Å². The molecule has 0 unspecified atom stereocenters. The molecule has 0 bridgehead atoms. The van der Waals surface area contributed by atoms with Crippen LogP contribution in [0.3, 0.4) is 0 Å². The average Bonchev–Trinajstić information content (AvgIpc) is 2.98. The molecule has 1 heterocycles. The molecule has 1 aliphatic heterocycles. The van der Waals surface area contributed by atoms with Crippen LogP contribution in [0.25, 0.3) is 0 Å². The van der Waals surface area contributed by atoms with E-state index in [2.05, 4.69) is 65.8 Å². The highest BCUT2D eigenvalue weighted by Crippen LogP contribution is 2.42. The molecule has 2 rings (SSSR count). The van der Waals surface area contributed by atoms with Gasteiger partial charge in [-0.25, -0.2) is 0 Å². The lowest BCUT2D eigenvalue weighted by Gasteiger charge is -2.42. The quantitative estimate of drug-likeness (QED) is 0.666. The molecule has 1 saturated heterocycles. The van der Waals surface area contributed by atoms with Crippen molar-refractivity contribution in [3.8, 4) is 5.75 Å². The van der Waals surface area contributed by atoms with Crippen molar-refractivity contribution < 1.29 is 13.9 Å². The third kappa shape index (κ3) is 3.39. The Bertz CT molecular complexity index is 440. The molecule has 0 aromatic heterocycles. The van der Waals surface area contributed by atoms with Crippen LogP contribution in [0.15, 0.2) is 24.3 Å². The van der Waals surface area contributed by atoms with Crippen LogP contribution in [0.4, 0.5) is 0 Å². The van der Waals surface area contributed by atoms with Crippen LogP contribution in [-0.2, 0) is 9.47 Å². The zero-order valence-electron chi connectivity index (χ0n) is 14.8. The van der Waals surface area contributed by atoms with E-state index in [1.807, 2.05) is 0 Å². The van der Waals surface area contributed by atoms with Crippen molar-refractivity contribution in [3.05, 3.63) is 29.8 Å². The van der Waals surface area contributed by atoms with Gasteiger partial charge in [-0.3, -0.25) is 0 Å². The monoisotopic (exact) mass is 322 g/mol. The summed E-state index contributed by atoms with van der Waals surface area (Å²) in [5, 5.41) is 0. The largest absolute Gasteiger partial charge is 0.543 e. The number of hydrogen-bond acceptors (Lipinski definition) is 3. The summed E-state index contributed by atoms with van der Waals surface area (Å²) in [6.45, 7) is 15.2. The summed E-state index contributed by atoms with van der Waals surface area (Å²) >= 11 is 0. The number of benzene rings is 1. The van der Waals surface area contributed by atoms with Crippen molar-refractivity contribution in [2.75, 3.05) is 13.2 Å². The predicted molar refractivity (Wildman–Crippen MR) is 92.8 cm³/mol. The minimum absolute atomic E-state index is 0.212. The van der Waals surface area contributed by atoms with Gasteiger partial charge in [-0.1, -0.05) is 53.7 Å². The molecule has 0 radical (unpaired) electrons. The Morgan fingerprint density at radius 3 is 1.73 bits per heavy atom. The molecule has 0 saturated carbocycles. The van der Waals surface area contributed by atoms with Crippen molar-refractivity contribution in [1.82, 2.24) is 0 Å². The third-order valence-corrected chi connectivity index (χ3v) is 10.8. The molecule has 1 aliphatic rings. The first-order valence-corrected chi connectivity index (χ1v) is 10.5. The van der Waals surface area contributed by atoms with Crippen LogP contribution in [-0.4, -0.2) is 21.5 Å². The minimum atomic E-state index is -1.88. The van der Waals surface area contributed by atoms with Crippen LogP contribution < -0.4 is 4.43 Å². The fraction of sp³-hybridized carbons (Fsp3) is 0.667. The summed E-state index contributed by atoms with van der Waals surface area (Å²) < 4.78 is 17.7. The smallest absolute Gasteiger partial charge is 0.258 e. The number of rotatable bonds is 6. The molecule has 0 N–H and O–H groups in total. The normalized spacial score (nSPS) is 17.0. The summed E-state index contributed by atoms with van der Waals surface area (Å²) in [6, 6.07) is 8.25. The van der Waals surface area contributed by atoms with Crippen LogP contribution in [0.5, 0.6) is 5.75 Å². The maximum absolute atomic E-state index is 6.66. The Balaban J connectivity index is 2.19. The lowest BCUT2D eigenvalue weighted by Crippen LogP contribution is -2.50. The van der Waals surface area contributed by atoms with E-state index < -0.39 is 8.32 Å². The number of ether oxygens (including phenoxy) is 2. The van der Waals surface area contributed by atoms with Gasteiger partial charge in [-0.15, -0.1) is 0 Å². The molecule has 124 valence electrons. The molecule has 0 amide bonds. The van der Waals surface area contributed by atoms with Gasteiger partial charge < -0.3 is 13.9 Å². The first-order valence-electron chi connectivity index (χ1n) is 8.40. The summed E-state index contributed by atoms with van der Waals surface area (Å²) in [5.41, 5.74) is 2.80. The number of hydrogen-bond donors (Lipinski definition) is 0. The summed E-state index contributed by atoms with van der Waals surface area (Å²) in [7, 11) is -1.88. The van der Waals surface area contributed by atoms with Crippen LogP contribution in [0, 0.1) is 0 Å². The topological polar surface area (TPSA) is 27.7 Å². The lowest BCUT2D eigenvalue weighted by atomic mass is 10.2. The van der Waals surface area contributed by atoms with E-state index in [0.29, 0.717) is 29.8 Å². The molecule has 1 aromatic rings. The Morgan fingerprint density at radius 1 is 0.864 bits per heavy atom. The highest BCUT2D eigenvalue weighted by molar-refractivity contribution is 6.78. The zero-order valence-corrected chi connectivity index (χ0v) is 15.8. The van der Waals surface area contributed by atoms with Crippen molar-refractivity contribution in [2.24, 2.45) is 0 Å². The van der Waals surface area contributed by atoms with Crippen LogP contribution in [0.2, 0.25) is 16.6 Å². The summed E-state index contributed by atoms with van der Waals surface area (Å²) in [4.78, 5) is 0. The first kappa shape index (κ1) is 17.5. The Morgan fingerprint density at radius 2 is 1.32 bits per heavy atom. The molecule has 1 aromatic carbocycles. The molecule has 3 nitrogen and oxygen atoms in total. The van der Waals surface area contributed by atoms with Gasteiger partial charge in [0.15, 0.2) is 6.29 Å². The Hall–Kier alpha value is -0.843. The predicted octanol–water partition coefficient (Wildman–Crippen LogP) is 5.29. The second kappa shape index (κ2) is 7.15. The standard InChI is InChI=1S/C18H30O3Si/c1-13(2)22(14(3)4,15(5)6)21-17-9-7-16(8-10-17)18-19-11-12-20-18/h7-10,13-15,18H,11-12H2,1-6H3. The molecule has 0 aliphatic carbocycles. The molecule has 4 heteroatoms. The maximum atomic E-state index is 6.66. The van der Waals surface area contributed by atoms with Gasteiger partial charge in [-0.2, -0.15) is 0 Å². The molecule has 22 heavy (non-hydrogen) atoms. The average molecular weight is 323 g/mol. The molecular weight excluding hydrogens is 292 g/mol. The van der Waals surface area contributed by atoms with Gasteiger partial charge in [0.1, 0.15) is 5.75 Å². The van der Waals surface area contributed by atoms with Crippen molar-refractivity contribution in [3.63, 3.8) is 0 Å². The van der Waals surface area contributed by atoms with Crippen molar-refractivity contribution in [1.29, 1.82) is 0 Å². The van der Waals surface area contributed by atoms with Crippen molar-refractivity contribution in [2.45, 2.75) is 64.5 Å². The first-order chi connectivity index (χ1) is 10.4. The van der Waals surface area contributed by atoms with Gasteiger partial charge >= 0.3 is 0 Å². The highest BCUT2D eigenvalue weighted by atomic mass is 28.4. The molecule has 1 fully saturated rings.